The molecule has 3 aromatic rings. The van der Waals surface area contributed by atoms with Crippen molar-refractivity contribution >= 4 is 11.6 Å². The van der Waals surface area contributed by atoms with Crippen molar-refractivity contribution in [1.29, 1.82) is 0 Å². The van der Waals surface area contributed by atoms with Gasteiger partial charge in [0.05, 0.1) is 5.56 Å². The fourth-order valence-corrected chi connectivity index (χ4v) is 2.59. The topological polar surface area (TPSA) is 71.3 Å². The minimum atomic E-state index is -4.45. The molecule has 9 heteroatoms. The predicted octanol–water partition coefficient (Wildman–Crippen LogP) is 4.31. The molecule has 1 aromatic heterocycles. The lowest BCUT2D eigenvalue weighted by molar-refractivity contribution is -0.137. The standard InChI is InChI=1S/C20H19F3N4O2/c1-12(24-18(28)14-4-8-15(9-5-14)20(21,22)23)19-25-17(26-29-19)13-6-10-16(11-7-13)27(2)3/h4-12H,1-3H3,(H,24,28)/t12-/m1/s1. The molecule has 152 valence electrons. The van der Waals surface area contributed by atoms with Gasteiger partial charge in [-0.15, -0.1) is 0 Å². The molecule has 0 saturated heterocycles. The van der Waals surface area contributed by atoms with E-state index in [4.69, 9.17) is 4.52 Å². The van der Waals surface area contributed by atoms with Gasteiger partial charge < -0.3 is 14.7 Å². The van der Waals surface area contributed by atoms with E-state index in [0.717, 1.165) is 35.5 Å². The molecule has 0 aliphatic heterocycles. The third kappa shape index (κ3) is 4.74. The van der Waals surface area contributed by atoms with Gasteiger partial charge in [0, 0.05) is 30.9 Å². The van der Waals surface area contributed by atoms with Crippen LogP contribution in [0.25, 0.3) is 11.4 Å². The Hall–Kier alpha value is -3.36. The lowest BCUT2D eigenvalue weighted by Crippen LogP contribution is -2.26. The number of aromatic nitrogens is 2. The molecule has 0 fully saturated rings. The number of rotatable bonds is 5. The first kappa shape index (κ1) is 20.4. The zero-order chi connectivity index (χ0) is 21.2. The number of amides is 1. The Balaban J connectivity index is 1.68. The highest BCUT2D eigenvalue weighted by Gasteiger charge is 2.30. The summed E-state index contributed by atoms with van der Waals surface area (Å²) in [5, 5.41) is 6.56. The third-order valence-electron chi connectivity index (χ3n) is 4.28. The zero-order valence-electron chi connectivity index (χ0n) is 16.0. The molecule has 0 unspecified atom stereocenters. The second-order valence-corrected chi connectivity index (χ2v) is 6.67. The maximum atomic E-state index is 12.6. The summed E-state index contributed by atoms with van der Waals surface area (Å²) >= 11 is 0. The second-order valence-electron chi connectivity index (χ2n) is 6.67. The average molecular weight is 404 g/mol. The van der Waals surface area contributed by atoms with Crippen LogP contribution in [0, 0.1) is 0 Å². The molecule has 3 rings (SSSR count). The second kappa shape index (κ2) is 7.94. The molecule has 2 aromatic carbocycles. The van der Waals surface area contributed by atoms with Crippen molar-refractivity contribution in [3.63, 3.8) is 0 Å². The van der Waals surface area contributed by atoms with E-state index < -0.39 is 23.7 Å². The molecule has 29 heavy (non-hydrogen) atoms. The van der Waals surface area contributed by atoms with Crippen LogP contribution in [-0.2, 0) is 6.18 Å². The third-order valence-corrected chi connectivity index (χ3v) is 4.28. The minimum absolute atomic E-state index is 0.101. The summed E-state index contributed by atoms with van der Waals surface area (Å²) in [6.45, 7) is 1.65. The highest BCUT2D eigenvalue weighted by atomic mass is 19.4. The Morgan fingerprint density at radius 2 is 1.69 bits per heavy atom. The molecule has 0 radical (unpaired) electrons. The van der Waals surface area contributed by atoms with E-state index in [0.29, 0.717) is 5.82 Å². The Bertz CT molecular complexity index is 980. The summed E-state index contributed by atoms with van der Waals surface area (Å²) in [7, 11) is 3.87. The van der Waals surface area contributed by atoms with Crippen molar-refractivity contribution in [2.75, 3.05) is 19.0 Å². The number of benzene rings is 2. The van der Waals surface area contributed by atoms with Crippen LogP contribution < -0.4 is 10.2 Å². The summed E-state index contributed by atoms with van der Waals surface area (Å²) in [4.78, 5) is 18.5. The number of hydrogen-bond acceptors (Lipinski definition) is 5. The van der Waals surface area contributed by atoms with Crippen molar-refractivity contribution in [1.82, 2.24) is 15.5 Å². The van der Waals surface area contributed by atoms with Crippen molar-refractivity contribution < 1.29 is 22.5 Å². The van der Waals surface area contributed by atoms with E-state index in [2.05, 4.69) is 15.5 Å². The van der Waals surface area contributed by atoms with Crippen LogP contribution in [-0.4, -0.2) is 30.1 Å². The van der Waals surface area contributed by atoms with Crippen molar-refractivity contribution in [3.8, 4) is 11.4 Å². The van der Waals surface area contributed by atoms with Crippen molar-refractivity contribution in [2.24, 2.45) is 0 Å². The lowest BCUT2D eigenvalue weighted by atomic mass is 10.1. The van der Waals surface area contributed by atoms with E-state index in [9.17, 15) is 18.0 Å². The highest BCUT2D eigenvalue weighted by Crippen LogP contribution is 2.29. The fraction of sp³-hybridized carbons (Fsp3) is 0.250. The van der Waals surface area contributed by atoms with Gasteiger partial charge in [0.1, 0.15) is 6.04 Å². The lowest BCUT2D eigenvalue weighted by Gasteiger charge is -2.11. The predicted molar refractivity (Wildman–Crippen MR) is 101 cm³/mol. The summed E-state index contributed by atoms with van der Waals surface area (Å²) in [6, 6.07) is 10.9. The first-order chi connectivity index (χ1) is 13.6. The molecule has 6 nitrogen and oxygen atoms in total. The van der Waals surface area contributed by atoms with E-state index in [1.165, 1.54) is 0 Å². The summed E-state index contributed by atoms with van der Waals surface area (Å²) in [5.41, 5.74) is 1.06. The molecule has 1 heterocycles. The Morgan fingerprint density at radius 3 is 2.24 bits per heavy atom. The fourth-order valence-electron chi connectivity index (χ4n) is 2.59. The van der Waals surface area contributed by atoms with Crippen LogP contribution in [0.3, 0.4) is 0 Å². The van der Waals surface area contributed by atoms with Gasteiger partial charge in [0.15, 0.2) is 0 Å². The van der Waals surface area contributed by atoms with Gasteiger partial charge in [-0.2, -0.15) is 18.2 Å². The average Bonchev–Trinajstić information content (AvgIpc) is 3.18. The van der Waals surface area contributed by atoms with E-state index in [1.54, 1.807) is 6.92 Å². The monoisotopic (exact) mass is 404 g/mol. The number of anilines is 1. The van der Waals surface area contributed by atoms with E-state index in [-0.39, 0.29) is 11.5 Å². The molecule has 0 aliphatic carbocycles. The van der Waals surface area contributed by atoms with Crippen molar-refractivity contribution in [3.05, 3.63) is 65.5 Å². The molecule has 0 spiro atoms. The van der Waals surface area contributed by atoms with Gasteiger partial charge in [-0.3, -0.25) is 4.79 Å². The molecular formula is C20H19F3N4O2. The van der Waals surface area contributed by atoms with Gasteiger partial charge in [0.2, 0.25) is 11.7 Å². The van der Waals surface area contributed by atoms with Gasteiger partial charge in [-0.1, -0.05) is 5.16 Å². The number of halogens is 3. The molecular weight excluding hydrogens is 385 g/mol. The maximum Gasteiger partial charge on any atom is 0.416 e. The Morgan fingerprint density at radius 1 is 1.07 bits per heavy atom. The number of nitrogens with zero attached hydrogens (tertiary/aromatic N) is 3. The SMILES string of the molecule is C[C@@H](NC(=O)c1ccc(C(F)(F)F)cc1)c1nc(-c2ccc(N(C)C)cc2)no1. The van der Waals surface area contributed by atoms with Gasteiger partial charge in [-0.05, 0) is 55.5 Å². The van der Waals surface area contributed by atoms with Crippen LogP contribution >= 0.6 is 0 Å². The van der Waals surface area contributed by atoms with Gasteiger partial charge in [-0.25, -0.2) is 0 Å². The van der Waals surface area contributed by atoms with Crippen LogP contribution in [0.1, 0.15) is 34.8 Å². The quantitative estimate of drug-likeness (QED) is 0.686. The Kier molecular flexibility index (Phi) is 5.58. The highest BCUT2D eigenvalue weighted by molar-refractivity contribution is 5.94. The smallest absolute Gasteiger partial charge is 0.378 e. The molecule has 1 amide bonds. The van der Waals surface area contributed by atoms with E-state index >= 15 is 0 Å². The van der Waals surface area contributed by atoms with Gasteiger partial charge in [0.25, 0.3) is 5.91 Å². The number of alkyl halides is 3. The minimum Gasteiger partial charge on any atom is -0.378 e. The maximum absolute atomic E-state index is 12.6. The molecule has 0 aliphatic rings. The molecule has 1 N–H and O–H groups in total. The molecule has 0 saturated carbocycles. The van der Waals surface area contributed by atoms with Crippen molar-refractivity contribution in [2.45, 2.75) is 19.1 Å². The Labute approximate surface area is 165 Å². The number of carbonyl (C=O) groups excluding carboxylic acids is 1. The largest absolute Gasteiger partial charge is 0.416 e. The first-order valence-corrected chi connectivity index (χ1v) is 8.74. The van der Waals surface area contributed by atoms with Crippen LogP contribution in [0.4, 0.5) is 18.9 Å². The molecule has 0 bridgehead atoms. The summed E-state index contributed by atoms with van der Waals surface area (Å²) in [6.07, 6.45) is -4.45. The number of hydrogen-bond donors (Lipinski definition) is 1. The number of carbonyl (C=O) groups is 1. The van der Waals surface area contributed by atoms with Crippen LogP contribution in [0.5, 0.6) is 0 Å². The zero-order valence-corrected chi connectivity index (χ0v) is 16.0. The van der Waals surface area contributed by atoms with Crippen LogP contribution in [0.2, 0.25) is 0 Å². The van der Waals surface area contributed by atoms with E-state index in [1.807, 2.05) is 43.3 Å². The normalized spacial score (nSPS) is 12.5. The molecule has 1 atom stereocenters. The van der Waals surface area contributed by atoms with Crippen LogP contribution in [0.15, 0.2) is 53.1 Å². The first-order valence-electron chi connectivity index (χ1n) is 8.74. The van der Waals surface area contributed by atoms with Gasteiger partial charge >= 0.3 is 6.18 Å². The summed E-state index contributed by atoms with van der Waals surface area (Å²) in [5.74, 6) is 0.0270. The number of nitrogens with one attached hydrogen (secondary N) is 1. The summed E-state index contributed by atoms with van der Waals surface area (Å²) < 4.78 is 43.1.